The molecule has 0 bridgehead atoms. The summed E-state index contributed by atoms with van der Waals surface area (Å²) in [6.45, 7) is 4.82. The largest absolute Gasteiger partial charge is 0.312 e. The van der Waals surface area contributed by atoms with Crippen LogP contribution in [0.1, 0.15) is 26.2 Å². The Hall–Kier alpha value is -0.130. The highest BCUT2D eigenvalue weighted by molar-refractivity contribution is 7.90. The van der Waals surface area contributed by atoms with Crippen molar-refractivity contribution in [3.05, 3.63) is 0 Å². The van der Waals surface area contributed by atoms with Crippen molar-refractivity contribution in [2.45, 2.75) is 32.2 Å². The van der Waals surface area contributed by atoms with E-state index in [1.54, 1.807) is 0 Å². The first-order valence-electron chi connectivity index (χ1n) is 6.52. The first-order chi connectivity index (χ1) is 7.92. The molecule has 0 aromatic heterocycles. The van der Waals surface area contributed by atoms with E-state index in [-0.39, 0.29) is 5.75 Å². The third-order valence-electron chi connectivity index (χ3n) is 3.20. The SMILES string of the molecule is CCCNC(CN(C)CCS(C)(=O)=O)C1CC1. The van der Waals surface area contributed by atoms with E-state index in [1.807, 2.05) is 7.05 Å². The Labute approximate surface area is 106 Å². The molecule has 0 aromatic carbocycles. The van der Waals surface area contributed by atoms with E-state index in [0.717, 1.165) is 25.4 Å². The van der Waals surface area contributed by atoms with Crippen molar-refractivity contribution in [3.63, 3.8) is 0 Å². The Morgan fingerprint density at radius 1 is 1.41 bits per heavy atom. The topological polar surface area (TPSA) is 49.4 Å². The summed E-state index contributed by atoms with van der Waals surface area (Å²) in [7, 11) is -0.831. The lowest BCUT2D eigenvalue weighted by Gasteiger charge is -2.24. The van der Waals surface area contributed by atoms with E-state index >= 15 is 0 Å². The van der Waals surface area contributed by atoms with Gasteiger partial charge in [-0.3, -0.25) is 0 Å². The van der Waals surface area contributed by atoms with Crippen LogP contribution in [0.3, 0.4) is 0 Å². The zero-order valence-electron chi connectivity index (χ0n) is 11.3. The molecule has 1 N–H and O–H groups in total. The molecule has 0 saturated heterocycles. The highest BCUT2D eigenvalue weighted by atomic mass is 32.2. The Balaban J connectivity index is 2.28. The Kier molecular flexibility index (Phi) is 5.89. The molecule has 0 aromatic rings. The zero-order valence-corrected chi connectivity index (χ0v) is 12.1. The van der Waals surface area contributed by atoms with Gasteiger partial charge in [0, 0.05) is 25.4 Å². The number of likely N-dealkylation sites (N-methyl/N-ethyl adjacent to an activating group) is 1. The van der Waals surface area contributed by atoms with Gasteiger partial charge in [0.2, 0.25) is 0 Å². The fourth-order valence-corrected chi connectivity index (χ4v) is 2.60. The van der Waals surface area contributed by atoms with Crippen LogP contribution >= 0.6 is 0 Å². The zero-order chi connectivity index (χ0) is 12.9. The highest BCUT2D eigenvalue weighted by Gasteiger charge is 2.31. The second kappa shape index (κ2) is 6.71. The summed E-state index contributed by atoms with van der Waals surface area (Å²) in [4.78, 5) is 2.13. The van der Waals surface area contributed by atoms with Crippen molar-refractivity contribution in [2.75, 3.05) is 38.7 Å². The molecule has 1 fully saturated rings. The van der Waals surface area contributed by atoms with Gasteiger partial charge < -0.3 is 10.2 Å². The second-order valence-electron chi connectivity index (χ2n) is 5.29. The van der Waals surface area contributed by atoms with E-state index in [9.17, 15) is 8.42 Å². The predicted molar refractivity (Wildman–Crippen MR) is 72.0 cm³/mol. The lowest BCUT2D eigenvalue weighted by Crippen LogP contribution is -2.42. The van der Waals surface area contributed by atoms with E-state index in [2.05, 4.69) is 17.1 Å². The van der Waals surface area contributed by atoms with Crippen LogP contribution in [0.4, 0.5) is 0 Å². The highest BCUT2D eigenvalue weighted by Crippen LogP contribution is 2.32. The molecule has 0 aliphatic heterocycles. The van der Waals surface area contributed by atoms with Crippen molar-refractivity contribution in [2.24, 2.45) is 5.92 Å². The standard InChI is InChI=1S/C12H26N2O2S/c1-4-7-13-12(11-5-6-11)10-14(2)8-9-17(3,15)16/h11-13H,4-10H2,1-3H3. The molecule has 0 amide bonds. The van der Waals surface area contributed by atoms with Crippen molar-refractivity contribution in [1.29, 1.82) is 0 Å². The quantitative estimate of drug-likeness (QED) is 0.666. The van der Waals surface area contributed by atoms with E-state index in [4.69, 9.17) is 0 Å². The monoisotopic (exact) mass is 262 g/mol. The molecule has 1 unspecified atom stereocenters. The lowest BCUT2D eigenvalue weighted by molar-refractivity contribution is 0.285. The summed E-state index contributed by atoms with van der Waals surface area (Å²) in [6, 6.07) is 0.541. The molecule has 5 heteroatoms. The average Bonchev–Trinajstić information content (AvgIpc) is 3.04. The average molecular weight is 262 g/mol. The number of nitrogens with zero attached hydrogens (tertiary/aromatic N) is 1. The van der Waals surface area contributed by atoms with Crippen molar-refractivity contribution in [1.82, 2.24) is 10.2 Å². The number of hydrogen-bond donors (Lipinski definition) is 1. The Morgan fingerprint density at radius 2 is 2.06 bits per heavy atom. The van der Waals surface area contributed by atoms with Gasteiger partial charge in [-0.1, -0.05) is 6.92 Å². The molecule has 0 heterocycles. The number of hydrogen-bond acceptors (Lipinski definition) is 4. The Morgan fingerprint density at radius 3 is 2.53 bits per heavy atom. The van der Waals surface area contributed by atoms with Gasteiger partial charge in [0.05, 0.1) is 5.75 Å². The number of sulfone groups is 1. The molecule has 0 spiro atoms. The summed E-state index contributed by atoms with van der Waals surface area (Å²) >= 11 is 0. The molecule has 1 saturated carbocycles. The minimum atomic E-state index is -2.84. The molecular formula is C12H26N2O2S. The Bertz CT molecular complexity index is 312. The van der Waals surface area contributed by atoms with Gasteiger partial charge in [0.1, 0.15) is 9.84 Å². The second-order valence-corrected chi connectivity index (χ2v) is 7.55. The maximum absolute atomic E-state index is 11.1. The first kappa shape index (κ1) is 14.9. The van der Waals surface area contributed by atoms with Gasteiger partial charge in [0.25, 0.3) is 0 Å². The van der Waals surface area contributed by atoms with Crippen molar-refractivity contribution in [3.8, 4) is 0 Å². The lowest BCUT2D eigenvalue weighted by atomic mass is 10.1. The van der Waals surface area contributed by atoms with Crippen LogP contribution in [-0.4, -0.2) is 58.1 Å². The van der Waals surface area contributed by atoms with Gasteiger partial charge >= 0.3 is 0 Å². The van der Waals surface area contributed by atoms with Gasteiger partial charge in [-0.25, -0.2) is 8.42 Å². The van der Waals surface area contributed by atoms with Crippen molar-refractivity contribution >= 4 is 9.84 Å². The minimum Gasteiger partial charge on any atom is -0.312 e. The van der Waals surface area contributed by atoms with Crippen LogP contribution in [0.15, 0.2) is 0 Å². The summed E-state index contributed by atoms with van der Waals surface area (Å²) in [6.07, 6.45) is 5.09. The van der Waals surface area contributed by atoms with E-state index in [0.29, 0.717) is 12.6 Å². The molecule has 1 aliphatic carbocycles. The normalized spacial score (nSPS) is 18.6. The summed E-state index contributed by atoms with van der Waals surface area (Å²) in [5.74, 6) is 1.07. The first-order valence-corrected chi connectivity index (χ1v) is 8.58. The molecule has 0 radical (unpaired) electrons. The molecule has 1 aliphatic rings. The van der Waals surface area contributed by atoms with Gasteiger partial charge in [0.15, 0.2) is 0 Å². The summed E-state index contributed by atoms with van der Waals surface area (Å²) in [5, 5.41) is 3.57. The fraction of sp³-hybridized carbons (Fsp3) is 1.00. The maximum Gasteiger partial charge on any atom is 0.148 e. The summed E-state index contributed by atoms with van der Waals surface area (Å²) < 4.78 is 22.2. The molecule has 102 valence electrons. The van der Waals surface area contributed by atoms with Crippen molar-refractivity contribution < 1.29 is 8.42 Å². The number of rotatable bonds is 9. The molecule has 1 rings (SSSR count). The van der Waals surface area contributed by atoms with Gasteiger partial charge in [-0.15, -0.1) is 0 Å². The van der Waals surface area contributed by atoms with E-state index < -0.39 is 9.84 Å². The predicted octanol–water partition coefficient (Wildman–Crippen LogP) is 0.741. The molecule has 4 nitrogen and oxygen atoms in total. The van der Waals surface area contributed by atoms with Crippen LogP contribution < -0.4 is 5.32 Å². The van der Waals surface area contributed by atoms with Crippen LogP contribution in [0, 0.1) is 5.92 Å². The number of nitrogens with one attached hydrogen (secondary N) is 1. The third kappa shape index (κ3) is 7.01. The fourth-order valence-electron chi connectivity index (χ4n) is 1.96. The van der Waals surface area contributed by atoms with E-state index in [1.165, 1.54) is 19.1 Å². The van der Waals surface area contributed by atoms with Crippen LogP contribution in [-0.2, 0) is 9.84 Å². The van der Waals surface area contributed by atoms with Crippen LogP contribution in [0.2, 0.25) is 0 Å². The molecule has 1 atom stereocenters. The third-order valence-corrected chi connectivity index (χ3v) is 4.12. The molecular weight excluding hydrogens is 236 g/mol. The maximum atomic E-state index is 11.1. The van der Waals surface area contributed by atoms with Crippen LogP contribution in [0.5, 0.6) is 0 Å². The minimum absolute atomic E-state index is 0.259. The van der Waals surface area contributed by atoms with Crippen LogP contribution in [0.25, 0.3) is 0 Å². The molecule has 17 heavy (non-hydrogen) atoms. The summed E-state index contributed by atoms with van der Waals surface area (Å²) in [5.41, 5.74) is 0. The smallest absolute Gasteiger partial charge is 0.148 e. The van der Waals surface area contributed by atoms with Gasteiger partial charge in [-0.2, -0.15) is 0 Å². The van der Waals surface area contributed by atoms with Gasteiger partial charge in [-0.05, 0) is 38.8 Å².